The van der Waals surface area contributed by atoms with Crippen LogP contribution in [0.5, 0.6) is 5.75 Å². The van der Waals surface area contributed by atoms with E-state index in [9.17, 15) is 4.79 Å². The average Bonchev–Trinajstić information content (AvgIpc) is 3.16. The minimum Gasteiger partial charge on any atom is -0.484 e. The van der Waals surface area contributed by atoms with Crippen molar-refractivity contribution in [3.63, 3.8) is 0 Å². The SMILES string of the molecule is CC/C(C)=N\Nc1nc2cc(C)c(NC(=O)COc3ccc(C(C)(C)C)cc3)c(C)c2s1. The van der Waals surface area contributed by atoms with Crippen LogP contribution in [0.4, 0.5) is 10.8 Å². The summed E-state index contributed by atoms with van der Waals surface area (Å²) in [6.07, 6.45) is 0.884. The lowest BCUT2D eigenvalue weighted by atomic mass is 9.87. The van der Waals surface area contributed by atoms with Crippen molar-refractivity contribution in [1.29, 1.82) is 0 Å². The molecule has 0 spiro atoms. The molecule has 2 N–H and O–H groups in total. The van der Waals surface area contributed by atoms with Gasteiger partial charge in [0.15, 0.2) is 6.61 Å². The molecule has 1 amide bonds. The third kappa shape index (κ3) is 5.65. The molecule has 7 heteroatoms. The summed E-state index contributed by atoms with van der Waals surface area (Å²) >= 11 is 1.53. The second kappa shape index (κ2) is 9.69. The first-order valence-electron chi connectivity index (χ1n) is 10.8. The van der Waals surface area contributed by atoms with Crippen LogP contribution >= 0.6 is 11.3 Å². The van der Waals surface area contributed by atoms with Crippen molar-refractivity contribution in [2.75, 3.05) is 17.3 Å². The molecule has 3 aromatic rings. The zero-order chi connectivity index (χ0) is 23.5. The fourth-order valence-electron chi connectivity index (χ4n) is 3.22. The minimum atomic E-state index is -0.193. The molecule has 0 unspecified atom stereocenters. The first kappa shape index (κ1) is 23.7. The lowest BCUT2D eigenvalue weighted by molar-refractivity contribution is -0.118. The van der Waals surface area contributed by atoms with E-state index in [1.165, 1.54) is 16.9 Å². The number of hydrogen-bond acceptors (Lipinski definition) is 6. The largest absolute Gasteiger partial charge is 0.484 e. The van der Waals surface area contributed by atoms with Crippen LogP contribution in [0.1, 0.15) is 57.7 Å². The number of carbonyl (C=O) groups excluding carboxylic acids is 1. The van der Waals surface area contributed by atoms with Gasteiger partial charge in [-0.05, 0) is 67.5 Å². The van der Waals surface area contributed by atoms with Crippen LogP contribution in [0.25, 0.3) is 10.2 Å². The van der Waals surface area contributed by atoms with Gasteiger partial charge in [-0.15, -0.1) is 0 Å². The Balaban J connectivity index is 1.70. The number of anilines is 2. The Kier molecular flexibility index (Phi) is 7.19. The monoisotopic (exact) mass is 452 g/mol. The summed E-state index contributed by atoms with van der Waals surface area (Å²) in [6, 6.07) is 9.88. The van der Waals surface area contributed by atoms with Crippen LogP contribution < -0.4 is 15.5 Å². The van der Waals surface area contributed by atoms with Crippen molar-refractivity contribution < 1.29 is 9.53 Å². The summed E-state index contributed by atoms with van der Waals surface area (Å²) < 4.78 is 6.72. The number of aromatic nitrogens is 1. The van der Waals surface area contributed by atoms with E-state index in [0.29, 0.717) is 5.75 Å². The Morgan fingerprint density at radius 3 is 2.50 bits per heavy atom. The van der Waals surface area contributed by atoms with Gasteiger partial charge in [0.1, 0.15) is 5.75 Å². The van der Waals surface area contributed by atoms with Gasteiger partial charge in [-0.3, -0.25) is 10.2 Å². The molecule has 1 heterocycles. The first-order chi connectivity index (χ1) is 15.1. The van der Waals surface area contributed by atoms with E-state index >= 15 is 0 Å². The van der Waals surface area contributed by atoms with E-state index in [1.807, 2.05) is 51.1 Å². The van der Waals surface area contributed by atoms with Crippen LogP contribution in [0.3, 0.4) is 0 Å². The molecule has 6 nitrogen and oxygen atoms in total. The van der Waals surface area contributed by atoms with Crippen LogP contribution in [0.15, 0.2) is 35.4 Å². The van der Waals surface area contributed by atoms with Gasteiger partial charge in [0.25, 0.3) is 5.91 Å². The predicted molar refractivity (Wildman–Crippen MR) is 135 cm³/mol. The zero-order valence-corrected chi connectivity index (χ0v) is 20.7. The normalized spacial score (nSPS) is 12.2. The van der Waals surface area contributed by atoms with Crippen molar-refractivity contribution in [3.8, 4) is 5.75 Å². The number of benzene rings is 2. The van der Waals surface area contributed by atoms with Gasteiger partial charge in [-0.25, -0.2) is 4.98 Å². The number of ether oxygens (including phenoxy) is 1. The maximum Gasteiger partial charge on any atom is 0.262 e. The quantitative estimate of drug-likeness (QED) is 0.320. The molecule has 0 saturated carbocycles. The Bertz CT molecular complexity index is 1140. The second-order valence-electron chi connectivity index (χ2n) is 8.98. The number of nitrogens with zero attached hydrogens (tertiary/aromatic N) is 2. The molecule has 0 radical (unpaired) electrons. The molecule has 0 bridgehead atoms. The lowest BCUT2D eigenvalue weighted by Crippen LogP contribution is -2.21. The molecule has 0 atom stereocenters. The summed E-state index contributed by atoms with van der Waals surface area (Å²) in [7, 11) is 0. The van der Waals surface area contributed by atoms with Gasteiger partial charge in [-0.2, -0.15) is 5.10 Å². The first-order valence-corrected chi connectivity index (χ1v) is 11.6. The maximum absolute atomic E-state index is 12.6. The number of fused-ring (bicyclic) bond motifs is 1. The van der Waals surface area contributed by atoms with Crippen molar-refractivity contribution in [2.24, 2.45) is 5.10 Å². The number of rotatable bonds is 7. The number of nitrogens with one attached hydrogen (secondary N) is 2. The topological polar surface area (TPSA) is 75.6 Å². The highest BCUT2D eigenvalue weighted by atomic mass is 32.1. The molecular formula is C25H32N4O2S. The fourth-order valence-corrected chi connectivity index (χ4v) is 4.12. The Morgan fingerprint density at radius 1 is 1.19 bits per heavy atom. The molecule has 3 rings (SSSR count). The number of hydrazone groups is 1. The Morgan fingerprint density at radius 2 is 1.88 bits per heavy atom. The molecule has 0 aliphatic rings. The van der Waals surface area contributed by atoms with Crippen LogP contribution in [-0.2, 0) is 10.2 Å². The van der Waals surface area contributed by atoms with Crippen LogP contribution in [0.2, 0.25) is 0 Å². The number of amides is 1. The number of aryl methyl sites for hydroxylation is 2. The molecule has 32 heavy (non-hydrogen) atoms. The third-order valence-electron chi connectivity index (χ3n) is 5.33. The predicted octanol–water partition coefficient (Wildman–Crippen LogP) is 6.43. The Hall–Kier alpha value is -2.93. The van der Waals surface area contributed by atoms with E-state index in [1.54, 1.807) is 0 Å². The van der Waals surface area contributed by atoms with E-state index in [0.717, 1.165) is 44.3 Å². The van der Waals surface area contributed by atoms with Gasteiger partial charge in [-0.1, -0.05) is 51.2 Å². The summed E-state index contributed by atoms with van der Waals surface area (Å²) in [6.45, 7) is 14.5. The lowest BCUT2D eigenvalue weighted by Gasteiger charge is -2.19. The molecule has 0 aliphatic carbocycles. The molecule has 0 saturated heterocycles. The molecule has 0 aliphatic heterocycles. The van der Waals surface area contributed by atoms with E-state index in [2.05, 4.69) is 48.5 Å². The average molecular weight is 453 g/mol. The third-order valence-corrected chi connectivity index (χ3v) is 6.42. The highest BCUT2D eigenvalue weighted by Crippen LogP contribution is 2.35. The van der Waals surface area contributed by atoms with Crippen molar-refractivity contribution >= 4 is 44.0 Å². The van der Waals surface area contributed by atoms with Crippen molar-refractivity contribution in [3.05, 3.63) is 47.0 Å². The number of thiazole rings is 1. The van der Waals surface area contributed by atoms with E-state index in [-0.39, 0.29) is 17.9 Å². The smallest absolute Gasteiger partial charge is 0.262 e. The number of hydrogen-bond donors (Lipinski definition) is 2. The van der Waals surface area contributed by atoms with Gasteiger partial charge < -0.3 is 10.1 Å². The number of carbonyl (C=O) groups is 1. The molecule has 170 valence electrons. The Labute approximate surface area is 194 Å². The standard InChI is InChI=1S/C25H32N4O2S/c1-8-16(3)28-29-24-26-20-13-15(2)22(17(4)23(20)32-24)27-21(30)14-31-19-11-9-18(10-12-19)25(5,6)7/h9-13H,8,14H2,1-7H3,(H,26,29)(H,27,30)/b28-16-. The molecule has 1 aromatic heterocycles. The maximum atomic E-state index is 12.6. The summed E-state index contributed by atoms with van der Waals surface area (Å²) in [5, 5.41) is 8.08. The van der Waals surface area contributed by atoms with Gasteiger partial charge in [0.05, 0.1) is 10.2 Å². The highest BCUT2D eigenvalue weighted by Gasteiger charge is 2.16. The zero-order valence-electron chi connectivity index (χ0n) is 19.9. The van der Waals surface area contributed by atoms with E-state index in [4.69, 9.17) is 4.74 Å². The summed E-state index contributed by atoms with van der Waals surface area (Å²) in [5.74, 6) is 0.486. The summed E-state index contributed by atoms with van der Waals surface area (Å²) in [5.41, 5.74) is 9.00. The van der Waals surface area contributed by atoms with Crippen molar-refractivity contribution in [2.45, 2.75) is 60.3 Å². The van der Waals surface area contributed by atoms with Gasteiger partial charge >= 0.3 is 0 Å². The minimum absolute atomic E-state index is 0.0493. The molecule has 2 aromatic carbocycles. The molecule has 0 fully saturated rings. The highest BCUT2D eigenvalue weighted by molar-refractivity contribution is 7.22. The van der Waals surface area contributed by atoms with Crippen molar-refractivity contribution in [1.82, 2.24) is 4.98 Å². The van der Waals surface area contributed by atoms with Crippen LogP contribution in [0, 0.1) is 13.8 Å². The van der Waals surface area contributed by atoms with Crippen LogP contribution in [-0.4, -0.2) is 23.2 Å². The van der Waals surface area contributed by atoms with Gasteiger partial charge in [0.2, 0.25) is 5.13 Å². The van der Waals surface area contributed by atoms with Gasteiger partial charge in [0, 0.05) is 11.4 Å². The fraction of sp³-hybridized carbons (Fsp3) is 0.400. The molecular weight excluding hydrogens is 420 g/mol. The van der Waals surface area contributed by atoms with E-state index < -0.39 is 0 Å². The second-order valence-corrected chi connectivity index (χ2v) is 9.98. The summed E-state index contributed by atoms with van der Waals surface area (Å²) in [4.78, 5) is 17.2.